The lowest BCUT2D eigenvalue weighted by Gasteiger charge is -2.10. The van der Waals surface area contributed by atoms with Crippen LogP contribution in [-0.2, 0) is 9.53 Å². The van der Waals surface area contributed by atoms with E-state index in [1.165, 1.54) is 0 Å². The lowest BCUT2D eigenvalue weighted by molar-refractivity contribution is -0.122. The zero-order valence-electron chi connectivity index (χ0n) is 10.9. The van der Waals surface area contributed by atoms with Crippen LogP contribution < -0.4 is 15.8 Å². The minimum atomic E-state index is -0.193. The van der Waals surface area contributed by atoms with Gasteiger partial charge in [-0.25, -0.2) is 0 Å². The molecule has 1 unspecified atom stereocenters. The highest BCUT2D eigenvalue weighted by atomic mass is 16.5. The lowest BCUT2D eigenvalue weighted by atomic mass is 10.0. The van der Waals surface area contributed by atoms with Crippen LogP contribution in [0.4, 0.5) is 0 Å². The number of hydrogen-bond donors (Lipinski definition) is 2. The van der Waals surface area contributed by atoms with Crippen molar-refractivity contribution in [1.82, 2.24) is 5.32 Å². The number of fused-ring (bicyclic) bond motifs is 1. The van der Waals surface area contributed by atoms with Crippen LogP contribution in [0.15, 0.2) is 24.3 Å². The minimum absolute atomic E-state index is 0.0174. The van der Waals surface area contributed by atoms with E-state index >= 15 is 0 Å². The minimum Gasteiger partial charge on any atom is -0.492 e. The Bertz CT molecular complexity index is 423. The molecule has 1 amide bonds. The van der Waals surface area contributed by atoms with Crippen molar-refractivity contribution in [3.63, 3.8) is 0 Å². The van der Waals surface area contributed by atoms with E-state index in [9.17, 15) is 4.79 Å². The molecule has 19 heavy (non-hydrogen) atoms. The summed E-state index contributed by atoms with van der Waals surface area (Å²) in [4.78, 5) is 12.0. The molecule has 1 atom stereocenters. The van der Waals surface area contributed by atoms with E-state index in [1.54, 1.807) is 0 Å². The molecular formula is C14H20N2O3. The number of amides is 1. The average molecular weight is 264 g/mol. The summed E-state index contributed by atoms with van der Waals surface area (Å²) in [5, 5.41) is 2.91. The third kappa shape index (κ3) is 3.68. The number of hydrogen-bond acceptors (Lipinski definition) is 4. The Morgan fingerprint density at radius 1 is 1.42 bits per heavy atom. The van der Waals surface area contributed by atoms with Gasteiger partial charge in [-0.1, -0.05) is 18.2 Å². The maximum Gasteiger partial charge on any atom is 0.231 e. The molecule has 1 heterocycles. The van der Waals surface area contributed by atoms with E-state index < -0.39 is 0 Å². The van der Waals surface area contributed by atoms with Crippen LogP contribution in [0, 0.1) is 0 Å². The number of nitrogens with one attached hydrogen (secondary N) is 1. The first-order valence-corrected chi connectivity index (χ1v) is 6.60. The van der Waals surface area contributed by atoms with Gasteiger partial charge in [0.15, 0.2) is 0 Å². The molecule has 1 aromatic carbocycles. The van der Waals surface area contributed by atoms with Gasteiger partial charge in [-0.2, -0.15) is 0 Å². The third-order valence-corrected chi connectivity index (χ3v) is 3.04. The number of carbonyl (C=O) groups excluding carboxylic acids is 1. The lowest BCUT2D eigenvalue weighted by Crippen LogP contribution is -2.31. The molecule has 0 radical (unpaired) electrons. The fourth-order valence-corrected chi connectivity index (χ4v) is 2.07. The van der Waals surface area contributed by atoms with Crippen LogP contribution in [0.1, 0.15) is 17.9 Å². The molecule has 1 aliphatic heterocycles. The van der Waals surface area contributed by atoms with E-state index in [0.717, 1.165) is 17.7 Å². The van der Waals surface area contributed by atoms with Crippen LogP contribution in [0.5, 0.6) is 5.75 Å². The van der Waals surface area contributed by atoms with Crippen LogP contribution in [0.3, 0.4) is 0 Å². The molecule has 2 rings (SSSR count). The Morgan fingerprint density at radius 2 is 2.26 bits per heavy atom. The van der Waals surface area contributed by atoms with Crippen LogP contribution in [0.2, 0.25) is 0 Å². The van der Waals surface area contributed by atoms with E-state index in [0.29, 0.717) is 32.9 Å². The van der Waals surface area contributed by atoms with E-state index in [4.69, 9.17) is 15.2 Å². The van der Waals surface area contributed by atoms with Crippen molar-refractivity contribution >= 4 is 5.91 Å². The van der Waals surface area contributed by atoms with Gasteiger partial charge in [0.25, 0.3) is 0 Å². The molecule has 0 aromatic heterocycles. The summed E-state index contributed by atoms with van der Waals surface area (Å²) in [6.07, 6.45) is 0.793. The fraction of sp³-hybridized carbons (Fsp3) is 0.500. The number of ether oxygens (including phenoxy) is 2. The second kappa shape index (κ2) is 7.11. The van der Waals surface area contributed by atoms with Crippen molar-refractivity contribution < 1.29 is 14.3 Å². The summed E-state index contributed by atoms with van der Waals surface area (Å²) in [7, 11) is 0. The summed E-state index contributed by atoms with van der Waals surface area (Å²) in [6.45, 7) is 2.76. The first-order valence-electron chi connectivity index (χ1n) is 6.60. The van der Waals surface area contributed by atoms with E-state index in [1.807, 2.05) is 24.3 Å². The van der Waals surface area contributed by atoms with E-state index in [-0.39, 0.29) is 11.8 Å². The average Bonchev–Trinajstić information content (AvgIpc) is 2.86. The molecule has 3 N–H and O–H groups in total. The molecule has 104 valence electrons. The summed E-state index contributed by atoms with van der Waals surface area (Å²) in [5.74, 6) is 0.638. The number of rotatable bonds is 7. The molecule has 0 saturated heterocycles. The van der Waals surface area contributed by atoms with Gasteiger partial charge in [0.2, 0.25) is 5.91 Å². The van der Waals surface area contributed by atoms with Crippen LogP contribution in [-0.4, -0.2) is 38.8 Å². The molecule has 0 fully saturated rings. The Morgan fingerprint density at radius 3 is 3.11 bits per heavy atom. The van der Waals surface area contributed by atoms with Crippen molar-refractivity contribution in [1.29, 1.82) is 0 Å². The monoisotopic (exact) mass is 264 g/mol. The molecule has 0 aliphatic carbocycles. The highest BCUT2D eigenvalue weighted by Crippen LogP contribution is 2.33. The maximum absolute atomic E-state index is 12.0. The van der Waals surface area contributed by atoms with Crippen molar-refractivity contribution in [3.05, 3.63) is 29.8 Å². The van der Waals surface area contributed by atoms with Crippen molar-refractivity contribution in [3.8, 4) is 5.75 Å². The molecule has 1 aliphatic rings. The maximum atomic E-state index is 12.0. The Hall–Kier alpha value is -1.59. The second-order valence-corrected chi connectivity index (χ2v) is 4.45. The SMILES string of the molecule is NCCOCCCNC(=O)C1COc2ccccc21. The van der Waals surface area contributed by atoms with Gasteiger partial charge in [0.05, 0.1) is 6.61 Å². The predicted molar refractivity (Wildman–Crippen MR) is 72.2 cm³/mol. The van der Waals surface area contributed by atoms with Gasteiger partial charge in [-0.15, -0.1) is 0 Å². The molecule has 1 aromatic rings. The summed E-state index contributed by atoms with van der Waals surface area (Å²) < 4.78 is 10.7. The van der Waals surface area contributed by atoms with Gasteiger partial charge in [-0.3, -0.25) is 4.79 Å². The van der Waals surface area contributed by atoms with Crippen molar-refractivity contribution in [2.75, 3.05) is 32.9 Å². The Kier molecular flexibility index (Phi) is 5.18. The smallest absolute Gasteiger partial charge is 0.231 e. The zero-order chi connectivity index (χ0) is 13.5. The second-order valence-electron chi connectivity index (χ2n) is 4.45. The van der Waals surface area contributed by atoms with E-state index in [2.05, 4.69) is 5.32 Å². The first kappa shape index (κ1) is 13.8. The number of para-hydroxylation sites is 1. The van der Waals surface area contributed by atoms with Crippen molar-refractivity contribution in [2.24, 2.45) is 5.73 Å². The fourth-order valence-electron chi connectivity index (χ4n) is 2.07. The van der Waals surface area contributed by atoms with Gasteiger partial charge in [0, 0.05) is 25.3 Å². The third-order valence-electron chi connectivity index (χ3n) is 3.04. The molecular weight excluding hydrogens is 244 g/mol. The van der Waals surface area contributed by atoms with Gasteiger partial charge in [0.1, 0.15) is 18.3 Å². The molecule has 5 heteroatoms. The topological polar surface area (TPSA) is 73.6 Å². The Labute approximate surface area is 113 Å². The molecule has 0 spiro atoms. The standard InChI is InChI=1S/C14H20N2O3/c15-6-9-18-8-3-7-16-14(17)12-10-19-13-5-2-1-4-11(12)13/h1-2,4-5,12H,3,6-10,15H2,(H,16,17). The molecule has 0 saturated carbocycles. The predicted octanol–water partition coefficient (Wildman–Crippen LogP) is 0.644. The summed E-state index contributed by atoms with van der Waals surface area (Å²) in [5.41, 5.74) is 6.28. The normalized spacial score (nSPS) is 16.8. The number of carbonyl (C=O) groups is 1. The van der Waals surface area contributed by atoms with Crippen LogP contribution in [0.25, 0.3) is 0 Å². The molecule has 5 nitrogen and oxygen atoms in total. The van der Waals surface area contributed by atoms with Gasteiger partial charge >= 0.3 is 0 Å². The summed E-state index contributed by atoms with van der Waals surface area (Å²) >= 11 is 0. The van der Waals surface area contributed by atoms with Gasteiger partial charge < -0.3 is 20.5 Å². The first-order chi connectivity index (χ1) is 9.33. The number of benzene rings is 1. The highest BCUT2D eigenvalue weighted by Gasteiger charge is 2.29. The largest absolute Gasteiger partial charge is 0.492 e. The zero-order valence-corrected chi connectivity index (χ0v) is 10.9. The van der Waals surface area contributed by atoms with Crippen LogP contribution >= 0.6 is 0 Å². The van der Waals surface area contributed by atoms with Crippen molar-refractivity contribution in [2.45, 2.75) is 12.3 Å². The summed E-state index contributed by atoms with van der Waals surface area (Å²) in [6, 6.07) is 7.67. The highest BCUT2D eigenvalue weighted by molar-refractivity contribution is 5.85. The van der Waals surface area contributed by atoms with Gasteiger partial charge in [-0.05, 0) is 12.5 Å². The number of nitrogens with two attached hydrogens (primary N) is 1. The quantitative estimate of drug-likeness (QED) is 0.709. The molecule has 0 bridgehead atoms. The Balaban J connectivity index is 1.73.